The molecule has 0 saturated carbocycles. The van der Waals surface area contributed by atoms with Crippen molar-refractivity contribution in [1.82, 2.24) is 5.32 Å². The molecule has 0 fully saturated rings. The standard InChI is InChI=1S/C18H22N2O2/c1-15(22-17-11-7-4-8-12-17)18(21)19-13-14-20(2)16-9-5-3-6-10-16/h3-12,15H,13-14H2,1-2H3,(H,19,21)/t15-/m1/s1. The molecule has 2 rings (SSSR count). The van der Waals surface area contributed by atoms with Crippen LogP contribution in [0.1, 0.15) is 6.92 Å². The van der Waals surface area contributed by atoms with Gasteiger partial charge in [-0.3, -0.25) is 4.79 Å². The normalized spacial score (nSPS) is 11.5. The summed E-state index contributed by atoms with van der Waals surface area (Å²) in [6.45, 7) is 3.07. The number of anilines is 1. The Labute approximate surface area is 131 Å². The van der Waals surface area contributed by atoms with Crippen molar-refractivity contribution in [1.29, 1.82) is 0 Å². The summed E-state index contributed by atoms with van der Waals surface area (Å²) in [5, 5.41) is 2.90. The van der Waals surface area contributed by atoms with Crippen LogP contribution < -0.4 is 15.0 Å². The van der Waals surface area contributed by atoms with Crippen molar-refractivity contribution >= 4 is 11.6 Å². The Morgan fingerprint density at radius 3 is 2.32 bits per heavy atom. The second kappa shape index (κ2) is 8.08. The number of rotatable bonds is 7. The molecular weight excluding hydrogens is 276 g/mol. The Kier molecular flexibility index (Phi) is 5.83. The summed E-state index contributed by atoms with van der Waals surface area (Å²) in [5.41, 5.74) is 1.13. The molecule has 4 heteroatoms. The Morgan fingerprint density at radius 2 is 1.68 bits per heavy atom. The lowest BCUT2D eigenvalue weighted by molar-refractivity contribution is -0.127. The third-order valence-corrected chi connectivity index (χ3v) is 3.37. The largest absolute Gasteiger partial charge is 0.481 e. The third kappa shape index (κ3) is 4.81. The van der Waals surface area contributed by atoms with Gasteiger partial charge in [0.1, 0.15) is 5.75 Å². The van der Waals surface area contributed by atoms with E-state index in [4.69, 9.17) is 4.74 Å². The lowest BCUT2D eigenvalue weighted by Crippen LogP contribution is -2.40. The first kappa shape index (κ1) is 15.9. The van der Waals surface area contributed by atoms with Crippen molar-refractivity contribution in [2.75, 3.05) is 25.0 Å². The van der Waals surface area contributed by atoms with Gasteiger partial charge in [-0.25, -0.2) is 0 Å². The van der Waals surface area contributed by atoms with Crippen LogP contribution in [0.3, 0.4) is 0 Å². The SMILES string of the molecule is C[C@@H](Oc1ccccc1)C(=O)NCCN(C)c1ccccc1. The second-order valence-corrected chi connectivity index (χ2v) is 5.12. The van der Waals surface area contributed by atoms with Gasteiger partial charge >= 0.3 is 0 Å². The smallest absolute Gasteiger partial charge is 0.260 e. The fraction of sp³-hybridized carbons (Fsp3) is 0.278. The molecular formula is C18H22N2O2. The van der Waals surface area contributed by atoms with Crippen LogP contribution in [0.5, 0.6) is 5.75 Å². The molecule has 0 aromatic heterocycles. The number of para-hydroxylation sites is 2. The van der Waals surface area contributed by atoms with Gasteiger partial charge in [0.2, 0.25) is 0 Å². The number of nitrogens with zero attached hydrogens (tertiary/aromatic N) is 1. The zero-order chi connectivity index (χ0) is 15.8. The Hall–Kier alpha value is -2.49. The van der Waals surface area contributed by atoms with Gasteiger partial charge in [0.15, 0.2) is 6.10 Å². The minimum atomic E-state index is -0.510. The quantitative estimate of drug-likeness (QED) is 0.854. The van der Waals surface area contributed by atoms with Crippen molar-refractivity contribution in [3.63, 3.8) is 0 Å². The van der Waals surface area contributed by atoms with E-state index in [9.17, 15) is 4.79 Å². The first-order chi connectivity index (χ1) is 10.7. The summed E-state index contributed by atoms with van der Waals surface area (Å²) in [7, 11) is 2.01. The van der Waals surface area contributed by atoms with Crippen LogP contribution in [0.25, 0.3) is 0 Å². The highest BCUT2D eigenvalue weighted by Gasteiger charge is 2.14. The molecule has 1 N–H and O–H groups in total. The molecule has 0 radical (unpaired) electrons. The topological polar surface area (TPSA) is 41.6 Å². The predicted molar refractivity (Wildman–Crippen MR) is 89.3 cm³/mol. The number of hydrogen-bond donors (Lipinski definition) is 1. The summed E-state index contributed by atoms with van der Waals surface area (Å²) in [6.07, 6.45) is -0.510. The number of hydrogen-bond acceptors (Lipinski definition) is 3. The summed E-state index contributed by atoms with van der Waals surface area (Å²) in [5.74, 6) is 0.594. The summed E-state index contributed by atoms with van der Waals surface area (Å²) < 4.78 is 5.59. The average molecular weight is 298 g/mol. The van der Waals surface area contributed by atoms with Crippen molar-refractivity contribution < 1.29 is 9.53 Å². The highest BCUT2D eigenvalue weighted by atomic mass is 16.5. The second-order valence-electron chi connectivity index (χ2n) is 5.12. The Bertz CT molecular complexity index is 572. The molecule has 0 aliphatic carbocycles. The number of carbonyl (C=O) groups excluding carboxylic acids is 1. The van der Waals surface area contributed by atoms with E-state index in [0.29, 0.717) is 12.3 Å². The van der Waals surface area contributed by atoms with Crippen molar-refractivity contribution in [3.8, 4) is 5.75 Å². The van der Waals surface area contributed by atoms with E-state index in [1.807, 2.05) is 67.7 Å². The molecule has 2 aromatic carbocycles. The predicted octanol–water partition coefficient (Wildman–Crippen LogP) is 2.71. The van der Waals surface area contributed by atoms with Crippen LogP contribution in [-0.2, 0) is 4.79 Å². The molecule has 1 atom stereocenters. The molecule has 2 aromatic rings. The van der Waals surface area contributed by atoms with E-state index >= 15 is 0 Å². The molecule has 0 heterocycles. The minimum absolute atomic E-state index is 0.106. The number of likely N-dealkylation sites (N-methyl/N-ethyl adjacent to an activating group) is 1. The number of carbonyl (C=O) groups is 1. The summed E-state index contributed by atoms with van der Waals surface area (Å²) >= 11 is 0. The van der Waals surface area contributed by atoms with Gasteiger partial charge in [0.25, 0.3) is 5.91 Å². The third-order valence-electron chi connectivity index (χ3n) is 3.37. The van der Waals surface area contributed by atoms with Gasteiger partial charge in [-0.2, -0.15) is 0 Å². The molecule has 4 nitrogen and oxygen atoms in total. The highest BCUT2D eigenvalue weighted by molar-refractivity contribution is 5.80. The van der Waals surface area contributed by atoms with Crippen molar-refractivity contribution in [3.05, 3.63) is 60.7 Å². The van der Waals surface area contributed by atoms with Crippen LogP contribution in [0, 0.1) is 0 Å². The van der Waals surface area contributed by atoms with E-state index in [1.165, 1.54) is 0 Å². The van der Waals surface area contributed by atoms with E-state index in [1.54, 1.807) is 6.92 Å². The molecule has 1 amide bonds. The Morgan fingerprint density at radius 1 is 1.09 bits per heavy atom. The zero-order valence-electron chi connectivity index (χ0n) is 13.0. The fourth-order valence-corrected chi connectivity index (χ4v) is 2.06. The van der Waals surface area contributed by atoms with Crippen molar-refractivity contribution in [2.45, 2.75) is 13.0 Å². The average Bonchev–Trinajstić information content (AvgIpc) is 2.56. The number of amides is 1. The van der Waals surface area contributed by atoms with Gasteiger partial charge in [-0.1, -0.05) is 36.4 Å². The summed E-state index contributed by atoms with van der Waals surface area (Å²) in [4.78, 5) is 14.1. The maximum Gasteiger partial charge on any atom is 0.260 e. The zero-order valence-corrected chi connectivity index (χ0v) is 13.0. The van der Waals surface area contributed by atoms with Crippen LogP contribution in [0.2, 0.25) is 0 Å². The van der Waals surface area contributed by atoms with E-state index in [-0.39, 0.29) is 5.91 Å². The van der Waals surface area contributed by atoms with Gasteiger partial charge in [-0.05, 0) is 31.2 Å². The molecule has 0 saturated heterocycles. The fourth-order valence-electron chi connectivity index (χ4n) is 2.06. The lowest BCUT2D eigenvalue weighted by Gasteiger charge is -2.20. The highest BCUT2D eigenvalue weighted by Crippen LogP contribution is 2.11. The molecule has 0 aliphatic heterocycles. The van der Waals surface area contributed by atoms with Gasteiger partial charge in [-0.15, -0.1) is 0 Å². The molecule has 0 bridgehead atoms. The van der Waals surface area contributed by atoms with Crippen LogP contribution in [-0.4, -0.2) is 32.1 Å². The molecule has 22 heavy (non-hydrogen) atoms. The molecule has 0 spiro atoms. The molecule has 0 unspecified atom stereocenters. The van der Waals surface area contributed by atoms with Crippen LogP contribution in [0.4, 0.5) is 5.69 Å². The number of benzene rings is 2. The van der Waals surface area contributed by atoms with E-state index in [0.717, 1.165) is 12.2 Å². The maximum absolute atomic E-state index is 12.0. The molecule has 0 aliphatic rings. The lowest BCUT2D eigenvalue weighted by atomic mass is 10.3. The molecule has 116 valence electrons. The van der Waals surface area contributed by atoms with Crippen LogP contribution >= 0.6 is 0 Å². The number of ether oxygens (including phenoxy) is 1. The van der Waals surface area contributed by atoms with Crippen molar-refractivity contribution in [2.24, 2.45) is 0 Å². The van der Waals surface area contributed by atoms with Gasteiger partial charge < -0.3 is 15.0 Å². The van der Waals surface area contributed by atoms with Gasteiger partial charge in [0.05, 0.1) is 0 Å². The van der Waals surface area contributed by atoms with E-state index < -0.39 is 6.10 Å². The first-order valence-corrected chi connectivity index (χ1v) is 7.42. The first-order valence-electron chi connectivity index (χ1n) is 7.42. The number of nitrogens with one attached hydrogen (secondary N) is 1. The monoisotopic (exact) mass is 298 g/mol. The maximum atomic E-state index is 12.0. The Balaban J connectivity index is 1.73. The summed E-state index contributed by atoms with van der Waals surface area (Å²) in [6, 6.07) is 19.4. The van der Waals surface area contributed by atoms with Gasteiger partial charge in [0, 0.05) is 25.8 Å². The minimum Gasteiger partial charge on any atom is -0.481 e. The van der Waals surface area contributed by atoms with E-state index in [2.05, 4.69) is 10.2 Å². The van der Waals surface area contributed by atoms with Crippen LogP contribution in [0.15, 0.2) is 60.7 Å².